The van der Waals surface area contributed by atoms with Gasteiger partial charge in [0, 0.05) is 17.5 Å². The standard InChI is InChI=1S/C14H24N2OS/c1-3-11(8-9-17)15-10(2)14-16-12-6-4-5-7-13(12)18-14/h10-11,15,17H,3-9H2,1-2H3. The maximum Gasteiger partial charge on any atom is 0.110 e. The first-order chi connectivity index (χ1) is 8.74. The molecule has 1 aromatic heterocycles. The maximum absolute atomic E-state index is 9.03. The lowest BCUT2D eigenvalue weighted by Gasteiger charge is -2.20. The fourth-order valence-corrected chi connectivity index (χ4v) is 3.71. The van der Waals surface area contributed by atoms with Crippen molar-refractivity contribution in [1.29, 1.82) is 0 Å². The molecular formula is C14H24N2OS. The second-order valence-corrected chi connectivity index (χ2v) is 6.25. The van der Waals surface area contributed by atoms with Crippen LogP contribution in [0.4, 0.5) is 0 Å². The first kappa shape index (κ1) is 14.0. The third-order valence-corrected chi connectivity index (χ3v) is 5.03. The molecule has 0 spiro atoms. The molecule has 1 heterocycles. The summed E-state index contributed by atoms with van der Waals surface area (Å²) in [6, 6.07) is 0.697. The Hall–Kier alpha value is -0.450. The number of hydrogen-bond donors (Lipinski definition) is 2. The molecule has 0 fully saturated rings. The number of rotatable bonds is 6. The number of nitrogens with zero attached hydrogens (tertiary/aromatic N) is 1. The van der Waals surface area contributed by atoms with E-state index in [-0.39, 0.29) is 6.61 Å². The normalized spacial score (nSPS) is 18.4. The summed E-state index contributed by atoms with van der Waals surface area (Å²) in [6.45, 7) is 4.60. The quantitative estimate of drug-likeness (QED) is 0.834. The molecule has 0 bridgehead atoms. The van der Waals surface area contributed by atoms with E-state index in [4.69, 9.17) is 10.1 Å². The summed E-state index contributed by atoms with van der Waals surface area (Å²) >= 11 is 1.88. The molecule has 0 aromatic carbocycles. The van der Waals surface area contributed by atoms with Crippen LogP contribution in [0.1, 0.15) is 61.2 Å². The van der Waals surface area contributed by atoms with Crippen LogP contribution in [0.3, 0.4) is 0 Å². The van der Waals surface area contributed by atoms with Gasteiger partial charge in [-0.25, -0.2) is 4.98 Å². The topological polar surface area (TPSA) is 45.1 Å². The molecule has 0 aliphatic heterocycles. The van der Waals surface area contributed by atoms with Crippen molar-refractivity contribution >= 4 is 11.3 Å². The lowest BCUT2D eigenvalue weighted by atomic mass is 10.0. The number of fused-ring (bicyclic) bond motifs is 1. The van der Waals surface area contributed by atoms with Gasteiger partial charge in [0.1, 0.15) is 5.01 Å². The van der Waals surface area contributed by atoms with Crippen LogP contribution in [0.15, 0.2) is 0 Å². The fraction of sp³-hybridized carbons (Fsp3) is 0.786. The molecule has 102 valence electrons. The molecular weight excluding hydrogens is 244 g/mol. The lowest BCUT2D eigenvalue weighted by Crippen LogP contribution is -2.31. The van der Waals surface area contributed by atoms with Crippen molar-refractivity contribution in [3.05, 3.63) is 15.6 Å². The van der Waals surface area contributed by atoms with Crippen molar-refractivity contribution in [2.75, 3.05) is 6.61 Å². The Balaban J connectivity index is 1.99. The van der Waals surface area contributed by atoms with Crippen molar-refractivity contribution in [1.82, 2.24) is 10.3 Å². The molecule has 1 aliphatic rings. The molecule has 1 aromatic rings. The van der Waals surface area contributed by atoms with Gasteiger partial charge in [0.05, 0.1) is 11.7 Å². The van der Waals surface area contributed by atoms with Gasteiger partial charge in [0.2, 0.25) is 0 Å². The van der Waals surface area contributed by atoms with E-state index >= 15 is 0 Å². The number of aliphatic hydroxyl groups excluding tert-OH is 1. The van der Waals surface area contributed by atoms with Crippen LogP contribution in [-0.4, -0.2) is 22.7 Å². The fourth-order valence-electron chi connectivity index (χ4n) is 2.54. The first-order valence-corrected chi connectivity index (χ1v) is 7.91. The van der Waals surface area contributed by atoms with Crippen LogP contribution in [0.2, 0.25) is 0 Å². The minimum absolute atomic E-state index is 0.257. The van der Waals surface area contributed by atoms with Crippen LogP contribution < -0.4 is 5.32 Å². The zero-order valence-corrected chi connectivity index (χ0v) is 12.2. The van der Waals surface area contributed by atoms with Crippen molar-refractivity contribution in [3.8, 4) is 0 Å². The minimum Gasteiger partial charge on any atom is -0.396 e. The highest BCUT2D eigenvalue weighted by Gasteiger charge is 2.19. The van der Waals surface area contributed by atoms with E-state index < -0.39 is 0 Å². The van der Waals surface area contributed by atoms with Gasteiger partial charge in [-0.2, -0.15) is 0 Å². The Kier molecular flexibility index (Phi) is 5.15. The minimum atomic E-state index is 0.257. The number of aliphatic hydroxyl groups is 1. The van der Waals surface area contributed by atoms with Crippen molar-refractivity contribution < 1.29 is 5.11 Å². The summed E-state index contributed by atoms with van der Waals surface area (Å²) in [4.78, 5) is 6.29. The van der Waals surface area contributed by atoms with Gasteiger partial charge in [0.25, 0.3) is 0 Å². The van der Waals surface area contributed by atoms with Gasteiger partial charge < -0.3 is 10.4 Å². The van der Waals surface area contributed by atoms with E-state index in [1.165, 1.54) is 34.8 Å². The zero-order valence-electron chi connectivity index (χ0n) is 11.4. The Morgan fingerprint density at radius 1 is 1.39 bits per heavy atom. The molecule has 3 nitrogen and oxygen atoms in total. The molecule has 2 N–H and O–H groups in total. The van der Waals surface area contributed by atoms with Gasteiger partial charge in [-0.05, 0) is 45.4 Å². The Bertz CT molecular complexity index is 354. The smallest absolute Gasteiger partial charge is 0.110 e. The summed E-state index contributed by atoms with van der Waals surface area (Å²) in [7, 11) is 0. The molecule has 0 amide bonds. The van der Waals surface area contributed by atoms with E-state index in [0.717, 1.165) is 19.3 Å². The molecule has 1 aliphatic carbocycles. The van der Waals surface area contributed by atoms with E-state index in [1.807, 2.05) is 11.3 Å². The third-order valence-electron chi connectivity index (χ3n) is 3.69. The number of thiazole rings is 1. The highest BCUT2D eigenvalue weighted by molar-refractivity contribution is 7.11. The van der Waals surface area contributed by atoms with E-state index in [9.17, 15) is 0 Å². The summed E-state index contributed by atoms with van der Waals surface area (Å²) in [5.74, 6) is 0. The van der Waals surface area contributed by atoms with E-state index in [1.54, 1.807) is 0 Å². The highest BCUT2D eigenvalue weighted by Crippen LogP contribution is 2.30. The first-order valence-electron chi connectivity index (χ1n) is 7.10. The van der Waals surface area contributed by atoms with Gasteiger partial charge in [0.15, 0.2) is 0 Å². The molecule has 18 heavy (non-hydrogen) atoms. The van der Waals surface area contributed by atoms with Crippen molar-refractivity contribution in [3.63, 3.8) is 0 Å². The maximum atomic E-state index is 9.03. The van der Waals surface area contributed by atoms with Gasteiger partial charge in [-0.1, -0.05) is 6.92 Å². The second-order valence-electron chi connectivity index (χ2n) is 5.13. The van der Waals surface area contributed by atoms with Crippen LogP contribution in [0, 0.1) is 0 Å². The summed E-state index contributed by atoms with van der Waals surface area (Å²) in [5.41, 5.74) is 1.34. The Labute approximate surface area is 114 Å². The number of aryl methyl sites for hydroxylation is 2. The summed E-state index contributed by atoms with van der Waals surface area (Å²) in [5, 5.41) is 13.8. The van der Waals surface area contributed by atoms with Crippen molar-refractivity contribution in [2.24, 2.45) is 0 Å². The average molecular weight is 268 g/mol. The largest absolute Gasteiger partial charge is 0.396 e. The summed E-state index contributed by atoms with van der Waals surface area (Å²) < 4.78 is 0. The van der Waals surface area contributed by atoms with Crippen molar-refractivity contribution in [2.45, 2.75) is 64.5 Å². The molecule has 4 heteroatoms. The molecule has 2 unspecified atom stereocenters. The van der Waals surface area contributed by atoms with Crippen LogP contribution >= 0.6 is 11.3 Å². The number of hydrogen-bond acceptors (Lipinski definition) is 4. The van der Waals surface area contributed by atoms with Gasteiger partial charge >= 0.3 is 0 Å². The molecule has 2 rings (SSSR count). The number of aromatic nitrogens is 1. The monoisotopic (exact) mass is 268 g/mol. The number of nitrogens with one attached hydrogen (secondary N) is 1. The van der Waals surface area contributed by atoms with Crippen LogP contribution in [0.25, 0.3) is 0 Å². The lowest BCUT2D eigenvalue weighted by molar-refractivity contribution is 0.257. The summed E-state index contributed by atoms with van der Waals surface area (Å²) in [6.07, 6.45) is 6.86. The van der Waals surface area contributed by atoms with Crippen LogP contribution in [0.5, 0.6) is 0 Å². The predicted molar refractivity (Wildman–Crippen MR) is 76.1 cm³/mol. The Morgan fingerprint density at radius 2 is 2.17 bits per heavy atom. The SMILES string of the molecule is CCC(CCO)NC(C)c1nc2c(s1)CCCC2. The molecule has 0 saturated carbocycles. The predicted octanol–water partition coefficient (Wildman–Crippen LogP) is 2.83. The van der Waals surface area contributed by atoms with Crippen LogP contribution in [-0.2, 0) is 12.8 Å². The molecule has 0 saturated heterocycles. The zero-order chi connectivity index (χ0) is 13.0. The van der Waals surface area contributed by atoms with E-state index in [2.05, 4.69) is 19.2 Å². The second kappa shape index (κ2) is 6.64. The third kappa shape index (κ3) is 3.31. The molecule has 0 radical (unpaired) electrons. The van der Waals surface area contributed by atoms with Gasteiger partial charge in [-0.15, -0.1) is 11.3 Å². The molecule has 2 atom stereocenters. The Morgan fingerprint density at radius 3 is 2.83 bits per heavy atom. The van der Waals surface area contributed by atoms with E-state index in [0.29, 0.717) is 12.1 Å². The highest BCUT2D eigenvalue weighted by atomic mass is 32.1. The van der Waals surface area contributed by atoms with Gasteiger partial charge in [-0.3, -0.25) is 0 Å². The average Bonchev–Trinajstić information content (AvgIpc) is 2.82.